The molecule has 1 heterocycles. The fourth-order valence-electron chi connectivity index (χ4n) is 1.86. The van der Waals surface area contributed by atoms with E-state index in [1.807, 2.05) is 19.9 Å². The molecule has 0 bridgehead atoms. The van der Waals surface area contributed by atoms with Gasteiger partial charge >= 0.3 is 0 Å². The van der Waals surface area contributed by atoms with Gasteiger partial charge in [-0.1, -0.05) is 6.07 Å². The lowest BCUT2D eigenvalue weighted by molar-refractivity contribution is 0.117. The zero-order valence-electron chi connectivity index (χ0n) is 10.0. The van der Waals surface area contributed by atoms with Crippen molar-refractivity contribution in [1.29, 1.82) is 0 Å². The highest BCUT2D eigenvalue weighted by molar-refractivity contribution is 7.89. The minimum atomic E-state index is -3.36. The molecule has 0 unspecified atom stereocenters. The van der Waals surface area contributed by atoms with E-state index in [4.69, 9.17) is 5.11 Å². The Morgan fingerprint density at radius 2 is 1.94 bits per heavy atom. The first-order chi connectivity index (χ1) is 7.95. The number of aryl methyl sites for hydroxylation is 2. The van der Waals surface area contributed by atoms with E-state index in [-0.39, 0.29) is 12.5 Å². The fourth-order valence-corrected chi connectivity index (χ4v) is 3.54. The molecule has 17 heavy (non-hydrogen) atoms. The molecule has 1 aromatic carbocycles. The fraction of sp³-hybridized carbons (Fsp3) is 0.500. The van der Waals surface area contributed by atoms with Crippen LogP contribution in [0.1, 0.15) is 11.1 Å². The molecule has 0 aromatic heterocycles. The van der Waals surface area contributed by atoms with Gasteiger partial charge < -0.3 is 5.11 Å². The Morgan fingerprint density at radius 3 is 2.47 bits per heavy atom. The van der Waals surface area contributed by atoms with Crippen molar-refractivity contribution in [3.63, 3.8) is 0 Å². The molecule has 94 valence electrons. The molecule has 1 fully saturated rings. The summed E-state index contributed by atoms with van der Waals surface area (Å²) in [5.74, 6) is 0.0938. The second kappa shape index (κ2) is 4.40. The number of hydrogen-bond acceptors (Lipinski definition) is 3. The van der Waals surface area contributed by atoms with Crippen LogP contribution in [0.15, 0.2) is 23.1 Å². The molecule has 0 saturated carbocycles. The van der Waals surface area contributed by atoms with Gasteiger partial charge in [-0.15, -0.1) is 0 Å². The molecule has 0 atom stereocenters. The van der Waals surface area contributed by atoms with E-state index >= 15 is 0 Å². The summed E-state index contributed by atoms with van der Waals surface area (Å²) in [7, 11) is -3.36. The molecule has 4 nitrogen and oxygen atoms in total. The van der Waals surface area contributed by atoms with Crippen molar-refractivity contribution in [2.24, 2.45) is 5.92 Å². The van der Waals surface area contributed by atoms with E-state index in [1.165, 1.54) is 4.31 Å². The minimum Gasteiger partial charge on any atom is -0.396 e. The molecule has 0 spiro atoms. The lowest BCUT2D eigenvalue weighted by atomic mass is 10.1. The Kier molecular flexibility index (Phi) is 3.25. The largest absolute Gasteiger partial charge is 0.396 e. The maximum atomic E-state index is 12.2. The molecule has 1 saturated heterocycles. The Bertz CT molecular complexity index is 519. The number of nitrogens with zero attached hydrogens (tertiary/aromatic N) is 1. The van der Waals surface area contributed by atoms with Gasteiger partial charge in [-0.05, 0) is 37.1 Å². The van der Waals surface area contributed by atoms with Crippen LogP contribution in [-0.2, 0) is 10.0 Å². The summed E-state index contributed by atoms with van der Waals surface area (Å²) in [5.41, 5.74) is 2.06. The quantitative estimate of drug-likeness (QED) is 0.873. The third-order valence-electron chi connectivity index (χ3n) is 3.30. The van der Waals surface area contributed by atoms with Gasteiger partial charge in [-0.3, -0.25) is 0 Å². The first-order valence-electron chi connectivity index (χ1n) is 5.63. The second-order valence-electron chi connectivity index (χ2n) is 4.62. The van der Waals surface area contributed by atoms with Crippen LogP contribution in [0, 0.1) is 19.8 Å². The minimum absolute atomic E-state index is 0.0545. The summed E-state index contributed by atoms with van der Waals surface area (Å²) < 4.78 is 25.8. The van der Waals surface area contributed by atoms with Crippen molar-refractivity contribution < 1.29 is 13.5 Å². The number of aliphatic hydroxyl groups excluding tert-OH is 1. The molecule has 1 aromatic rings. The van der Waals surface area contributed by atoms with Gasteiger partial charge in [0.25, 0.3) is 0 Å². The van der Waals surface area contributed by atoms with Crippen molar-refractivity contribution in [2.75, 3.05) is 19.7 Å². The number of hydrogen-bond donors (Lipinski definition) is 1. The average Bonchev–Trinajstić information content (AvgIpc) is 2.20. The highest BCUT2D eigenvalue weighted by Crippen LogP contribution is 2.25. The van der Waals surface area contributed by atoms with Gasteiger partial charge in [-0.25, -0.2) is 8.42 Å². The van der Waals surface area contributed by atoms with Crippen LogP contribution in [0.5, 0.6) is 0 Å². The van der Waals surface area contributed by atoms with Gasteiger partial charge in [-0.2, -0.15) is 4.31 Å². The average molecular weight is 255 g/mol. The Balaban J connectivity index is 2.24. The zero-order valence-corrected chi connectivity index (χ0v) is 10.9. The van der Waals surface area contributed by atoms with Gasteiger partial charge in [0.15, 0.2) is 0 Å². The van der Waals surface area contributed by atoms with Crippen LogP contribution >= 0.6 is 0 Å². The topological polar surface area (TPSA) is 57.6 Å². The van der Waals surface area contributed by atoms with E-state index in [0.717, 1.165) is 11.1 Å². The first-order valence-corrected chi connectivity index (χ1v) is 7.07. The third-order valence-corrected chi connectivity index (χ3v) is 5.13. The van der Waals surface area contributed by atoms with E-state index in [9.17, 15) is 8.42 Å². The van der Waals surface area contributed by atoms with E-state index in [2.05, 4.69) is 0 Å². The molecule has 2 rings (SSSR count). The Hall–Kier alpha value is -0.910. The lowest BCUT2D eigenvalue weighted by Crippen LogP contribution is -2.51. The molecule has 1 aliphatic heterocycles. The van der Waals surface area contributed by atoms with Crippen molar-refractivity contribution >= 4 is 10.0 Å². The highest BCUT2D eigenvalue weighted by Gasteiger charge is 2.36. The molecule has 1 N–H and O–H groups in total. The van der Waals surface area contributed by atoms with Crippen LogP contribution in [0.2, 0.25) is 0 Å². The van der Waals surface area contributed by atoms with Crippen molar-refractivity contribution in [3.05, 3.63) is 29.3 Å². The van der Waals surface area contributed by atoms with E-state index in [0.29, 0.717) is 18.0 Å². The number of aliphatic hydroxyl groups is 1. The van der Waals surface area contributed by atoms with Crippen molar-refractivity contribution in [2.45, 2.75) is 18.7 Å². The summed E-state index contributed by atoms with van der Waals surface area (Å²) in [4.78, 5) is 0.344. The summed E-state index contributed by atoms with van der Waals surface area (Å²) in [6.07, 6.45) is 0. The van der Waals surface area contributed by atoms with Gasteiger partial charge in [0.1, 0.15) is 0 Å². The van der Waals surface area contributed by atoms with Crippen LogP contribution in [-0.4, -0.2) is 37.5 Å². The molecule has 5 heteroatoms. The number of rotatable bonds is 3. The van der Waals surface area contributed by atoms with Gasteiger partial charge in [0.2, 0.25) is 10.0 Å². The van der Waals surface area contributed by atoms with Crippen LogP contribution in [0.3, 0.4) is 0 Å². The van der Waals surface area contributed by atoms with Crippen LogP contribution in [0.25, 0.3) is 0 Å². The molecule has 1 aliphatic rings. The summed E-state index contributed by atoms with van der Waals surface area (Å²) in [6, 6.07) is 5.17. The maximum Gasteiger partial charge on any atom is 0.243 e. The SMILES string of the molecule is Cc1ccc(S(=O)(=O)N2CC(CO)C2)cc1C. The van der Waals surface area contributed by atoms with Gasteiger partial charge in [0, 0.05) is 25.6 Å². The molecule has 0 aliphatic carbocycles. The van der Waals surface area contributed by atoms with Crippen molar-refractivity contribution in [3.8, 4) is 0 Å². The Labute approximate surface area is 102 Å². The predicted octanol–water partition coefficient (Wildman–Crippen LogP) is 0.916. The third kappa shape index (κ3) is 2.22. The number of sulfonamides is 1. The van der Waals surface area contributed by atoms with Crippen LogP contribution in [0.4, 0.5) is 0 Å². The maximum absolute atomic E-state index is 12.2. The Morgan fingerprint density at radius 1 is 1.29 bits per heavy atom. The number of benzene rings is 1. The smallest absolute Gasteiger partial charge is 0.243 e. The first kappa shape index (κ1) is 12.5. The zero-order chi connectivity index (χ0) is 12.6. The highest BCUT2D eigenvalue weighted by atomic mass is 32.2. The summed E-state index contributed by atoms with van der Waals surface area (Å²) in [6.45, 7) is 4.76. The normalized spacial score (nSPS) is 18.1. The molecule has 0 amide bonds. The molecular formula is C12H17NO3S. The predicted molar refractivity (Wildman–Crippen MR) is 65.3 cm³/mol. The second-order valence-corrected chi connectivity index (χ2v) is 6.55. The lowest BCUT2D eigenvalue weighted by Gasteiger charge is -2.37. The summed E-state index contributed by atoms with van der Waals surface area (Å²) in [5, 5.41) is 8.90. The monoisotopic (exact) mass is 255 g/mol. The molecule has 0 radical (unpaired) electrons. The van der Waals surface area contributed by atoms with E-state index < -0.39 is 10.0 Å². The summed E-state index contributed by atoms with van der Waals surface area (Å²) >= 11 is 0. The van der Waals surface area contributed by atoms with Crippen molar-refractivity contribution in [1.82, 2.24) is 4.31 Å². The molecular weight excluding hydrogens is 238 g/mol. The van der Waals surface area contributed by atoms with Gasteiger partial charge in [0.05, 0.1) is 4.90 Å². The van der Waals surface area contributed by atoms with Crippen LogP contribution < -0.4 is 0 Å². The standard InChI is InChI=1S/C12H17NO3S/c1-9-3-4-12(5-10(9)2)17(15,16)13-6-11(7-13)8-14/h3-5,11,14H,6-8H2,1-2H3. The van der Waals surface area contributed by atoms with E-state index in [1.54, 1.807) is 12.1 Å².